The van der Waals surface area contributed by atoms with Gasteiger partial charge in [0.2, 0.25) is 0 Å². The number of amides is 1. The SMILES string of the molecule is O=C(NN=Cc1ccccc1[N+](=O)[O-])C(c1ccccc1)c1ccccc1. The van der Waals surface area contributed by atoms with Gasteiger partial charge in [0.1, 0.15) is 0 Å². The van der Waals surface area contributed by atoms with E-state index < -0.39 is 10.8 Å². The number of nitro benzene ring substituents is 1. The summed E-state index contributed by atoms with van der Waals surface area (Å²) < 4.78 is 0. The van der Waals surface area contributed by atoms with Crippen LogP contribution < -0.4 is 5.43 Å². The van der Waals surface area contributed by atoms with Crippen molar-refractivity contribution in [3.05, 3.63) is 112 Å². The lowest BCUT2D eigenvalue weighted by Gasteiger charge is -2.16. The molecule has 0 unspecified atom stereocenters. The smallest absolute Gasteiger partial charge is 0.272 e. The maximum absolute atomic E-state index is 12.8. The van der Waals surface area contributed by atoms with Crippen molar-refractivity contribution in [2.24, 2.45) is 5.10 Å². The monoisotopic (exact) mass is 359 g/mol. The van der Waals surface area contributed by atoms with Gasteiger partial charge in [-0.1, -0.05) is 72.8 Å². The number of nitrogens with one attached hydrogen (secondary N) is 1. The molecule has 6 nitrogen and oxygen atoms in total. The lowest BCUT2D eigenvalue weighted by atomic mass is 9.91. The first-order valence-electron chi connectivity index (χ1n) is 8.33. The van der Waals surface area contributed by atoms with Gasteiger partial charge < -0.3 is 0 Å². The Bertz CT molecular complexity index is 917. The average molecular weight is 359 g/mol. The van der Waals surface area contributed by atoms with Crippen molar-refractivity contribution in [3.63, 3.8) is 0 Å². The van der Waals surface area contributed by atoms with Crippen LogP contribution in [0.5, 0.6) is 0 Å². The number of para-hydroxylation sites is 1. The summed E-state index contributed by atoms with van der Waals surface area (Å²) in [5.41, 5.74) is 4.42. The third kappa shape index (κ3) is 4.43. The van der Waals surface area contributed by atoms with Crippen LogP contribution in [0.25, 0.3) is 0 Å². The number of carbonyl (C=O) groups excluding carboxylic acids is 1. The van der Waals surface area contributed by atoms with Gasteiger partial charge >= 0.3 is 0 Å². The third-order valence-electron chi connectivity index (χ3n) is 4.04. The van der Waals surface area contributed by atoms with Crippen LogP contribution in [0, 0.1) is 10.1 Å². The summed E-state index contributed by atoms with van der Waals surface area (Å²) in [5.74, 6) is -0.849. The predicted octanol–water partition coefficient (Wildman–Crippen LogP) is 3.88. The highest BCUT2D eigenvalue weighted by Gasteiger charge is 2.22. The topological polar surface area (TPSA) is 84.6 Å². The maximum atomic E-state index is 12.8. The van der Waals surface area contributed by atoms with Crippen LogP contribution in [0.2, 0.25) is 0 Å². The molecular weight excluding hydrogens is 342 g/mol. The number of hydrogen-bond donors (Lipinski definition) is 1. The summed E-state index contributed by atoms with van der Waals surface area (Å²) in [6, 6.07) is 25.0. The van der Waals surface area contributed by atoms with Crippen LogP contribution in [0.1, 0.15) is 22.6 Å². The van der Waals surface area contributed by atoms with Gasteiger partial charge in [-0.05, 0) is 17.2 Å². The molecule has 0 saturated heterocycles. The van der Waals surface area contributed by atoms with E-state index in [1.807, 2.05) is 60.7 Å². The Kier molecular flexibility index (Phi) is 5.69. The Morgan fingerprint density at radius 1 is 0.889 bits per heavy atom. The largest absolute Gasteiger partial charge is 0.278 e. The molecule has 0 aliphatic rings. The second-order valence-electron chi connectivity index (χ2n) is 5.80. The second kappa shape index (κ2) is 8.53. The van der Waals surface area contributed by atoms with E-state index in [1.54, 1.807) is 18.2 Å². The fourth-order valence-corrected chi connectivity index (χ4v) is 2.78. The summed E-state index contributed by atoms with van der Waals surface area (Å²) in [7, 11) is 0. The molecule has 0 heterocycles. The molecule has 0 saturated carbocycles. The summed E-state index contributed by atoms with van der Waals surface area (Å²) in [6.07, 6.45) is 1.28. The predicted molar refractivity (Wildman–Crippen MR) is 104 cm³/mol. The fourth-order valence-electron chi connectivity index (χ4n) is 2.78. The normalized spacial score (nSPS) is 10.9. The third-order valence-corrected chi connectivity index (χ3v) is 4.04. The Hall–Kier alpha value is -3.80. The number of carbonyl (C=O) groups is 1. The summed E-state index contributed by atoms with van der Waals surface area (Å²) >= 11 is 0. The Morgan fingerprint density at radius 2 is 1.41 bits per heavy atom. The van der Waals surface area contributed by atoms with Crippen molar-refractivity contribution in [2.45, 2.75) is 5.92 Å². The average Bonchev–Trinajstić information content (AvgIpc) is 2.70. The van der Waals surface area contributed by atoms with Gasteiger partial charge in [0.15, 0.2) is 0 Å². The molecule has 0 radical (unpaired) electrons. The zero-order chi connectivity index (χ0) is 19.1. The highest BCUT2D eigenvalue weighted by atomic mass is 16.6. The lowest BCUT2D eigenvalue weighted by Crippen LogP contribution is -2.26. The van der Waals surface area contributed by atoms with Crippen LogP contribution in [0.3, 0.4) is 0 Å². The minimum Gasteiger partial charge on any atom is -0.272 e. The molecule has 3 rings (SSSR count). The summed E-state index contributed by atoms with van der Waals surface area (Å²) in [4.78, 5) is 23.4. The first-order chi connectivity index (χ1) is 13.2. The number of benzene rings is 3. The van der Waals surface area contributed by atoms with E-state index in [2.05, 4.69) is 10.5 Å². The highest BCUT2D eigenvalue weighted by molar-refractivity contribution is 5.90. The minimum absolute atomic E-state index is 0.0711. The molecule has 0 atom stereocenters. The first kappa shape index (κ1) is 18.0. The van der Waals surface area contributed by atoms with E-state index in [9.17, 15) is 14.9 Å². The van der Waals surface area contributed by atoms with Crippen LogP contribution in [-0.2, 0) is 4.79 Å². The molecule has 134 valence electrons. The van der Waals surface area contributed by atoms with E-state index in [-0.39, 0.29) is 11.6 Å². The van der Waals surface area contributed by atoms with Gasteiger partial charge in [-0.25, -0.2) is 5.43 Å². The number of hydrogen-bond acceptors (Lipinski definition) is 4. The van der Waals surface area contributed by atoms with Crippen molar-refractivity contribution in [1.82, 2.24) is 5.43 Å². The van der Waals surface area contributed by atoms with Crippen LogP contribution in [-0.4, -0.2) is 17.0 Å². The first-order valence-corrected chi connectivity index (χ1v) is 8.33. The molecule has 0 aromatic heterocycles. The molecule has 0 aliphatic carbocycles. The molecule has 3 aromatic carbocycles. The molecule has 0 bridgehead atoms. The minimum atomic E-state index is -0.532. The van der Waals surface area contributed by atoms with Crippen molar-refractivity contribution >= 4 is 17.8 Å². The van der Waals surface area contributed by atoms with Gasteiger partial charge in [0.05, 0.1) is 22.6 Å². The Balaban J connectivity index is 1.83. The van der Waals surface area contributed by atoms with Gasteiger partial charge in [-0.2, -0.15) is 5.10 Å². The van der Waals surface area contributed by atoms with Crippen molar-refractivity contribution < 1.29 is 9.72 Å². The summed E-state index contributed by atoms with van der Waals surface area (Å²) in [5, 5.41) is 15.0. The lowest BCUT2D eigenvalue weighted by molar-refractivity contribution is -0.385. The number of nitrogens with zero attached hydrogens (tertiary/aromatic N) is 2. The Morgan fingerprint density at radius 3 is 1.96 bits per heavy atom. The molecule has 27 heavy (non-hydrogen) atoms. The van der Waals surface area contributed by atoms with Gasteiger partial charge in [-0.15, -0.1) is 0 Å². The van der Waals surface area contributed by atoms with Crippen LogP contribution in [0.4, 0.5) is 5.69 Å². The fraction of sp³-hybridized carbons (Fsp3) is 0.0476. The van der Waals surface area contributed by atoms with Gasteiger partial charge in [0, 0.05) is 6.07 Å². The standard InChI is InChI=1S/C21H17N3O3/c25-21(23-22-15-18-13-7-8-14-19(18)24(26)27)20(16-9-3-1-4-10-16)17-11-5-2-6-12-17/h1-15,20H,(H,23,25). The summed E-state index contributed by atoms with van der Waals surface area (Å²) in [6.45, 7) is 0. The van der Waals surface area contributed by atoms with E-state index in [0.717, 1.165) is 11.1 Å². The van der Waals surface area contributed by atoms with E-state index in [1.165, 1.54) is 12.3 Å². The molecule has 0 fully saturated rings. The number of rotatable bonds is 6. The molecule has 0 spiro atoms. The van der Waals surface area contributed by atoms with Crippen molar-refractivity contribution in [3.8, 4) is 0 Å². The van der Waals surface area contributed by atoms with E-state index in [4.69, 9.17) is 0 Å². The number of nitro groups is 1. The van der Waals surface area contributed by atoms with Crippen molar-refractivity contribution in [2.75, 3.05) is 0 Å². The number of hydrazone groups is 1. The Labute approximate surface area is 156 Å². The van der Waals surface area contributed by atoms with E-state index in [0.29, 0.717) is 5.56 Å². The molecule has 1 amide bonds. The quantitative estimate of drug-likeness (QED) is 0.412. The van der Waals surface area contributed by atoms with Gasteiger partial charge in [0.25, 0.3) is 11.6 Å². The molecule has 3 aromatic rings. The van der Waals surface area contributed by atoms with Crippen LogP contribution >= 0.6 is 0 Å². The molecular formula is C21H17N3O3. The highest BCUT2D eigenvalue weighted by Crippen LogP contribution is 2.24. The van der Waals surface area contributed by atoms with Crippen molar-refractivity contribution in [1.29, 1.82) is 0 Å². The van der Waals surface area contributed by atoms with Gasteiger partial charge in [-0.3, -0.25) is 14.9 Å². The zero-order valence-corrected chi connectivity index (χ0v) is 14.4. The zero-order valence-electron chi connectivity index (χ0n) is 14.4. The van der Waals surface area contributed by atoms with E-state index >= 15 is 0 Å². The second-order valence-corrected chi connectivity index (χ2v) is 5.80. The molecule has 1 N–H and O–H groups in total. The maximum Gasteiger partial charge on any atom is 0.278 e. The van der Waals surface area contributed by atoms with Crippen LogP contribution in [0.15, 0.2) is 90.0 Å². The molecule has 0 aliphatic heterocycles. The molecule has 6 heteroatoms.